The van der Waals surface area contributed by atoms with Gasteiger partial charge in [-0.15, -0.1) is 0 Å². The van der Waals surface area contributed by atoms with Crippen molar-refractivity contribution < 1.29 is 4.79 Å². The van der Waals surface area contributed by atoms with E-state index < -0.39 is 0 Å². The van der Waals surface area contributed by atoms with Crippen molar-refractivity contribution in [3.05, 3.63) is 23.1 Å². The largest absolute Gasteiger partial charge is 0.322 e. The van der Waals surface area contributed by atoms with E-state index in [9.17, 15) is 4.79 Å². The zero-order valence-electron chi connectivity index (χ0n) is 7.34. The number of hydrogen-bond acceptors (Lipinski definition) is 5. The van der Waals surface area contributed by atoms with Gasteiger partial charge in [-0.25, -0.2) is 0 Å². The van der Waals surface area contributed by atoms with Gasteiger partial charge >= 0.3 is 0 Å². The highest BCUT2D eigenvalue weighted by Gasteiger charge is 2.40. The highest BCUT2D eigenvalue weighted by atomic mass is 32.2. The lowest BCUT2D eigenvalue weighted by Crippen LogP contribution is -2.44. The number of nitrogens with zero attached hydrogens (tertiary/aromatic N) is 2. The summed E-state index contributed by atoms with van der Waals surface area (Å²) in [5, 5.41) is 4.53. The smallest absolute Gasteiger partial charge is 0.230 e. The van der Waals surface area contributed by atoms with Gasteiger partial charge in [0.25, 0.3) is 0 Å². The third-order valence-corrected chi connectivity index (χ3v) is 4.28. The molecule has 2 rings (SSSR count). The van der Waals surface area contributed by atoms with Crippen LogP contribution in [0.25, 0.3) is 0 Å². The lowest BCUT2D eigenvalue weighted by molar-refractivity contribution is -0.137. The summed E-state index contributed by atoms with van der Waals surface area (Å²) in [5.74, 6) is 5.34. The molecule has 4 nitrogen and oxygen atoms in total. The highest BCUT2D eigenvalue weighted by Crippen LogP contribution is 2.46. The first-order valence-electron chi connectivity index (χ1n) is 4.02. The van der Waals surface area contributed by atoms with Gasteiger partial charge in [0.15, 0.2) is 0 Å². The summed E-state index contributed by atoms with van der Waals surface area (Å²) in [6, 6.07) is 0. The van der Waals surface area contributed by atoms with Gasteiger partial charge in [-0.05, 0) is 6.08 Å². The van der Waals surface area contributed by atoms with Gasteiger partial charge in [0.2, 0.25) is 5.91 Å². The molecule has 1 saturated heterocycles. The molecule has 1 fully saturated rings. The average Bonchev–Trinajstić information content (AvgIpc) is 2.51. The summed E-state index contributed by atoms with van der Waals surface area (Å²) >= 11 is 3.11. The molecule has 14 heavy (non-hydrogen) atoms. The molecule has 2 heterocycles. The molecule has 0 aromatic carbocycles. The maximum atomic E-state index is 11.1. The van der Waals surface area contributed by atoms with Gasteiger partial charge in [0, 0.05) is 6.20 Å². The molecular formula is C8H9N3OS2. The van der Waals surface area contributed by atoms with E-state index >= 15 is 0 Å². The average molecular weight is 227 g/mol. The molecule has 0 saturated carbocycles. The second kappa shape index (κ2) is 3.70. The van der Waals surface area contributed by atoms with Crippen LogP contribution in [-0.4, -0.2) is 21.2 Å². The van der Waals surface area contributed by atoms with Gasteiger partial charge in [0.05, 0.1) is 16.0 Å². The minimum absolute atomic E-state index is 0.183. The van der Waals surface area contributed by atoms with E-state index in [1.165, 1.54) is 11.8 Å². The predicted molar refractivity (Wildman–Crippen MR) is 60.3 cm³/mol. The fraction of sp³-hybridized carbons (Fsp3) is 0.250. The first kappa shape index (κ1) is 9.67. The molecule has 2 aliphatic rings. The number of hydrazone groups is 1. The Morgan fingerprint density at radius 1 is 1.93 bits per heavy atom. The molecule has 0 spiro atoms. The lowest BCUT2D eigenvalue weighted by atomic mass is 10.2. The standard InChI is InChI=1S/C8H9N3OS2/c1-2-5(10-9)13-8-4-11-6(12)3-7(11)14-8/h2,4,7H,1,3,9H2/b10-5-/t7-/m1/s1. The van der Waals surface area contributed by atoms with Gasteiger partial charge < -0.3 is 10.7 Å². The summed E-state index contributed by atoms with van der Waals surface area (Å²) in [7, 11) is 0. The Kier molecular flexibility index (Phi) is 2.56. The minimum atomic E-state index is 0.183. The van der Waals surface area contributed by atoms with Crippen molar-refractivity contribution in [2.75, 3.05) is 0 Å². The van der Waals surface area contributed by atoms with Crippen molar-refractivity contribution in [1.29, 1.82) is 0 Å². The number of nitrogens with two attached hydrogens (primary N) is 1. The van der Waals surface area contributed by atoms with Gasteiger partial charge in [-0.3, -0.25) is 4.79 Å². The Labute approximate surface area is 90.3 Å². The Morgan fingerprint density at radius 3 is 3.21 bits per heavy atom. The molecule has 1 atom stereocenters. The highest BCUT2D eigenvalue weighted by molar-refractivity contribution is 8.30. The van der Waals surface area contributed by atoms with E-state index in [4.69, 9.17) is 5.84 Å². The molecule has 6 heteroatoms. The van der Waals surface area contributed by atoms with Crippen molar-refractivity contribution in [2.24, 2.45) is 10.9 Å². The lowest BCUT2D eigenvalue weighted by Gasteiger charge is -2.31. The minimum Gasteiger partial charge on any atom is -0.322 e. The molecule has 0 aliphatic carbocycles. The number of β-lactam (4-membered cyclic amide) rings is 1. The second-order valence-corrected chi connectivity index (χ2v) is 5.34. The normalized spacial score (nSPS) is 25.6. The second-order valence-electron chi connectivity index (χ2n) is 2.80. The van der Waals surface area contributed by atoms with Crippen LogP contribution in [0.2, 0.25) is 0 Å². The molecule has 0 unspecified atom stereocenters. The molecular weight excluding hydrogens is 218 g/mol. The number of thioether (sulfide) groups is 2. The van der Waals surface area contributed by atoms with Gasteiger partial charge in [0.1, 0.15) is 5.04 Å². The van der Waals surface area contributed by atoms with E-state index in [2.05, 4.69) is 11.7 Å². The van der Waals surface area contributed by atoms with E-state index in [1.54, 1.807) is 22.7 Å². The van der Waals surface area contributed by atoms with Crippen molar-refractivity contribution in [1.82, 2.24) is 4.90 Å². The predicted octanol–water partition coefficient (Wildman–Crippen LogP) is 1.28. The Bertz CT molecular complexity index is 350. The number of carbonyl (C=O) groups excluding carboxylic acids is 1. The van der Waals surface area contributed by atoms with Gasteiger partial charge in [-0.1, -0.05) is 30.1 Å². The van der Waals surface area contributed by atoms with E-state index in [0.29, 0.717) is 16.8 Å². The van der Waals surface area contributed by atoms with Crippen LogP contribution in [0.4, 0.5) is 0 Å². The number of fused-ring (bicyclic) bond motifs is 1. The van der Waals surface area contributed by atoms with Crippen LogP contribution in [-0.2, 0) is 4.79 Å². The summed E-state index contributed by atoms with van der Waals surface area (Å²) in [6.07, 6.45) is 4.08. The molecule has 0 radical (unpaired) electrons. The molecule has 0 aromatic rings. The molecule has 0 aromatic heterocycles. The van der Waals surface area contributed by atoms with Crippen LogP contribution in [0.15, 0.2) is 28.2 Å². The Hall–Kier alpha value is -0.880. The van der Waals surface area contributed by atoms with Crippen molar-refractivity contribution in [3.63, 3.8) is 0 Å². The fourth-order valence-corrected chi connectivity index (χ4v) is 3.46. The molecule has 74 valence electrons. The molecule has 2 aliphatic heterocycles. The summed E-state index contributed by atoms with van der Waals surface area (Å²) < 4.78 is 1.05. The van der Waals surface area contributed by atoms with Crippen molar-refractivity contribution in [2.45, 2.75) is 11.8 Å². The number of carbonyl (C=O) groups is 1. The maximum Gasteiger partial charge on any atom is 0.230 e. The first-order valence-corrected chi connectivity index (χ1v) is 5.72. The molecule has 0 bridgehead atoms. The van der Waals surface area contributed by atoms with E-state index in [0.717, 1.165) is 4.24 Å². The van der Waals surface area contributed by atoms with E-state index in [1.807, 2.05) is 6.20 Å². The first-order chi connectivity index (χ1) is 6.74. The Balaban J connectivity index is 2.01. The third-order valence-electron chi connectivity index (χ3n) is 1.95. The van der Waals surface area contributed by atoms with Crippen LogP contribution < -0.4 is 5.84 Å². The summed E-state index contributed by atoms with van der Waals surface area (Å²) in [5.41, 5.74) is 0. The maximum absolute atomic E-state index is 11.1. The van der Waals surface area contributed by atoms with Crippen LogP contribution in [0, 0.1) is 0 Å². The molecule has 2 N–H and O–H groups in total. The monoisotopic (exact) mass is 227 g/mol. The van der Waals surface area contributed by atoms with Gasteiger partial charge in [-0.2, -0.15) is 5.10 Å². The summed E-state index contributed by atoms with van der Waals surface area (Å²) in [4.78, 5) is 12.8. The van der Waals surface area contributed by atoms with Crippen molar-refractivity contribution >= 4 is 34.5 Å². The zero-order valence-corrected chi connectivity index (χ0v) is 8.98. The quantitative estimate of drug-likeness (QED) is 0.254. The molecule has 1 amide bonds. The summed E-state index contributed by atoms with van der Waals surface area (Å²) in [6.45, 7) is 3.59. The Morgan fingerprint density at radius 2 is 2.71 bits per heavy atom. The fourth-order valence-electron chi connectivity index (χ4n) is 1.21. The van der Waals surface area contributed by atoms with Crippen LogP contribution in [0.5, 0.6) is 0 Å². The number of hydrogen-bond donors (Lipinski definition) is 1. The van der Waals surface area contributed by atoms with Crippen LogP contribution in [0.3, 0.4) is 0 Å². The van der Waals surface area contributed by atoms with E-state index in [-0.39, 0.29) is 5.91 Å². The third kappa shape index (κ3) is 1.55. The topological polar surface area (TPSA) is 58.7 Å². The zero-order chi connectivity index (χ0) is 10.1. The van der Waals surface area contributed by atoms with Crippen LogP contribution in [0.1, 0.15) is 6.42 Å². The SMILES string of the molecule is C=C/C(=N/N)SC1=CN2C(=O)C[C@H]2S1. The van der Waals surface area contributed by atoms with Crippen LogP contribution >= 0.6 is 23.5 Å². The number of rotatable bonds is 2. The number of amides is 1. The van der Waals surface area contributed by atoms with Crippen molar-refractivity contribution in [3.8, 4) is 0 Å².